The summed E-state index contributed by atoms with van der Waals surface area (Å²) in [5, 5.41) is 24.4. The normalized spacial score (nSPS) is 9.42. The van der Waals surface area contributed by atoms with Crippen LogP contribution in [-0.2, 0) is 0 Å². The molecular weight excluding hydrogens is 154 g/mol. The van der Waals surface area contributed by atoms with E-state index in [2.05, 4.69) is 10.3 Å². The lowest BCUT2D eigenvalue weighted by Gasteiger charge is -2.03. The van der Waals surface area contributed by atoms with Crippen LogP contribution in [0.4, 0.5) is 0 Å². The van der Waals surface area contributed by atoms with E-state index in [4.69, 9.17) is 10.5 Å². The van der Waals surface area contributed by atoms with Crippen molar-refractivity contribution in [2.75, 3.05) is 0 Å². The standard InChI is InChI=1S/C7H7N5/c1-5(2)12-7(4-9)6(3-8)10-11-12/h5H,1-2H3. The van der Waals surface area contributed by atoms with Crippen LogP contribution in [0.1, 0.15) is 31.3 Å². The zero-order chi connectivity index (χ0) is 9.14. The first kappa shape index (κ1) is 8.22. The van der Waals surface area contributed by atoms with Crippen molar-refractivity contribution in [3.63, 3.8) is 0 Å². The number of hydrogen-bond donors (Lipinski definition) is 0. The van der Waals surface area contributed by atoms with E-state index in [1.54, 1.807) is 6.07 Å². The molecular formula is C7H7N5. The second-order valence-electron chi connectivity index (χ2n) is 2.55. The summed E-state index contributed by atoms with van der Waals surface area (Å²) >= 11 is 0. The van der Waals surface area contributed by atoms with E-state index < -0.39 is 0 Å². The third-order valence-corrected chi connectivity index (χ3v) is 1.40. The molecule has 0 atom stereocenters. The zero-order valence-electron chi connectivity index (χ0n) is 6.81. The van der Waals surface area contributed by atoms with Gasteiger partial charge in [-0.2, -0.15) is 10.5 Å². The summed E-state index contributed by atoms with van der Waals surface area (Å²) in [7, 11) is 0. The van der Waals surface area contributed by atoms with Gasteiger partial charge in [-0.1, -0.05) is 5.21 Å². The van der Waals surface area contributed by atoms with Gasteiger partial charge in [0.2, 0.25) is 5.69 Å². The topological polar surface area (TPSA) is 78.3 Å². The number of hydrogen-bond acceptors (Lipinski definition) is 4. The molecule has 0 saturated heterocycles. The van der Waals surface area contributed by atoms with Gasteiger partial charge in [-0.05, 0) is 13.8 Å². The van der Waals surface area contributed by atoms with Crippen LogP contribution in [0.15, 0.2) is 0 Å². The molecule has 0 fully saturated rings. The average Bonchev–Trinajstić information content (AvgIpc) is 2.46. The maximum absolute atomic E-state index is 8.67. The van der Waals surface area contributed by atoms with E-state index in [0.29, 0.717) is 0 Å². The second-order valence-corrected chi connectivity index (χ2v) is 2.55. The molecule has 12 heavy (non-hydrogen) atoms. The Morgan fingerprint density at radius 1 is 1.33 bits per heavy atom. The predicted octanol–water partition coefficient (Wildman–Crippen LogP) is 0.602. The van der Waals surface area contributed by atoms with Crippen LogP contribution in [0.2, 0.25) is 0 Å². The summed E-state index contributed by atoms with van der Waals surface area (Å²) in [6.07, 6.45) is 0. The number of aromatic nitrogens is 3. The summed E-state index contributed by atoms with van der Waals surface area (Å²) in [5.74, 6) is 0. The maximum Gasteiger partial charge on any atom is 0.200 e. The van der Waals surface area contributed by atoms with E-state index in [-0.39, 0.29) is 17.4 Å². The summed E-state index contributed by atoms with van der Waals surface area (Å²) in [6.45, 7) is 3.74. The molecule has 1 rings (SSSR count). The van der Waals surface area contributed by atoms with E-state index in [0.717, 1.165) is 0 Å². The largest absolute Gasteiger partial charge is 0.231 e. The number of rotatable bonds is 1. The van der Waals surface area contributed by atoms with Gasteiger partial charge in [-0.15, -0.1) is 5.10 Å². The molecule has 0 aliphatic rings. The third-order valence-electron chi connectivity index (χ3n) is 1.40. The molecule has 1 heterocycles. The Kier molecular flexibility index (Phi) is 2.07. The molecule has 0 saturated carbocycles. The van der Waals surface area contributed by atoms with E-state index >= 15 is 0 Å². The van der Waals surface area contributed by atoms with E-state index in [9.17, 15) is 0 Å². The molecule has 0 bridgehead atoms. The monoisotopic (exact) mass is 161 g/mol. The van der Waals surface area contributed by atoms with Crippen LogP contribution in [-0.4, -0.2) is 15.0 Å². The Balaban J connectivity index is 3.28. The van der Waals surface area contributed by atoms with Gasteiger partial charge in [0.05, 0.1) is 0 Å². The quantitative estimate of drug-likeness (QED) is 0.604. The fourth-order valence-electron chi connectivity index (χ4n) is 0.834. The fourth-order valence-corrected chi connectivity index (χ4v) is 0.834. The molecule has 0 unspecified atom stereocenters. The zero-order valence-corrected chi connectivity index (χ0v) is 6.81. The van der Waals surface area contributed by atoms with Gasteiger partial charge in [-0.3, -0.25) is 0 Å². The molecule has 1 aromatic rings. The van der Waals surface area contributed by atoms with Gasteiger partial charge in [0, 0.05) is 6.04 Å². The van der Waals surface area contributed by atoms with Gasteiger partial charge in [0.25, 0.3) is 0 Å². The molecule has 60 valence electrons. The van der Waals surface area contributed by atoms with Crippen molar-refractivity contribution in [3.8, 4) is 12.1 Å². The lowest BCUT2D eigenvalue weighted by atomic mass is 10.3. The first-order valence-corrected chi connectivity index (χ1v) is 3.46. The molecule has 1 aromatic heterocycles. The van der Waals surface area contributed by atoms with Crippen LogP contribution < -0.4 is 0 Å². The van der Waals surface area contributed by atoms with Crippen LogP contribution in [0, 0.1) is 22.7 Å². The van der Waals surface area contributed by atoms with Crippen molar-refractivity contribution < 1.29 is 0 Å². The molecule has 0 radical (unpaired) electrons. The third kappa shape index (κ3) is 1.13. The lowest BCUT2D eigenvalue weighted by Crippen LogP contribution is -2.05. The van der Waals surface area contributed by atoms with Gasteiger partial charge in [0.1, 0.15) is 12.1 Å². The SMILES string of the molecule is CC(C)n1nnc(C#N)c1C#N. The van der Waals surface area contributed by atoms with Crippen molar-refractivity contribution in [2.24, 2.45) is 0 Å². The van der Waals surface area contributed by atoms with Crippen molar-refractivity contribution in [3.05, 3.63) is 11.4 Å². The smallest absolute Gasteiger partial charge is 0.200 e. The van der Waals surface area contributed by atoms with E-state index in [1.165, 1.54) is 4.68 Å². The highest BCUT2D eigenvalue weighted by molar-refractivity contribution is 5.34. The van der Waals surface area contributed by atoms with Crippen LogP contribution in [0.3, 0.4) is 0 Å². The first-order valence-electron chi connectivity index (χ1n) is 3.46. The molecule has 5 heteroatoms. The number of nitriles is 2. The Morgan fingerprint density at radius 3 is 2.42 bits per heavy atom. The first-order chi connectivity index (χ1) is 5.70. The molecule has 0 aromatic carbocycles. The van der Waals surface area contributed by atoms with Crippen molar-refractivity contribution in [1.29, 1.82) is 10.5 Å². The molecule has 5 nitrogen and oxygen atoms in total. The Morgan fingerprint density at radius 2 is 2.00 bits per heavy atom. The summed E-state index contributed by atoms with van der Waals surface area (Å²) in [4.78, 5) is 0. The maximum atomic E-state index is 8.67. The highest BCUT2D eigenvalue weighted by atomic mass is 15.4. The Labute approximate surface area is 69.8 Å². The molecule has 0 amide bonds. The van der Waals surface area contributed by atoms with Gasteiger partial charge < -0.3 is 0 Å². The van der Waals surface area contributed by atoms with Crippen molar-refractivity contribution in [1.82, 2.24) is 15.0 Å². The van der Waals surface area contributed by atoms with Gasteiger partial charge in [-0.25, -0.2) is 4.68 Å². The molecule has 0 N–H and O–H groups in total. The average molecular weight is 161 g/mol. The number of nitrogens with zero attached hydrogens (tertiary/aromatic N) is 5. The summed E-state index contributed by atoms with van der Waals surface area (Å²) in [6, 6.07) is 3.75. The van der Waals surface area contributed by atoms with Crippen LogP contribution in [0.5, 0.6) is 0 Å². The molecule has 0 aliphatic heterocycles. The Bertz CT molecular complexity index is 362. The lowest BCUT2D eigenvalue weighted by molar-refractivity contribution is 0.509. The molecule has 0 aliphatic carbocycles. The predicted molar refractivity (Wildman–Crippen MR) is 39.8 cm³/mol. The highest BCUT2D eigenvalue weighted by Crippen LogP contribution is 2.08. The van der Waals surface area contributed by atoms with E-state index in [1.807, 2.05) is 19.9 Å². The summed E-state index contributed by atoms with van der Waals surface area (Å²) in [5.41, 5.74) is 0.318. The van der Waals surface area contributed by atoms with Crippen LogP contribution in [0.25, 0.3) is 0 Å². The highest BCUT2D eigenvalue weighted by Gasteiger charge is 2.13. The minimum Gasteiger partial charge on any atom is -0.231 e. The van der Waals surface area contributed by atoms with Gasteiger partial charge in [0.15, 0.2) is 5.69 Å². The fraction of sp³-hybridized carbons (Fsp3) is 0.429. The van der Waals surface area contributed by atoms with Crippen molar-refractivity contribution >= 4 is 0 Å². The second kappa shape index (κ2) is 3.02. The minimum absolute atomic E-state index is 0.0502. The Hall–Kier alpha value is -1.88. The van der Waals surface area contributed by atoms with Gasteiger partial charge >= 0.3 is 0 Å². The molecule has 0 spiro atoms. The summed E-state index contributed by atoms with van der Waals surface area (Å²) < 4.78 is 1.43. The van der Waals surface area contributed by atoms with Crippen molar-refractivity contribution in [2.45, 2.75) is 19.9 Å². The van der Waals surface area contributed by atoms with Crippen LogP contribution >= 0.6 is 0 Å². The minimum atomic E-state index is 0.0502.